The van der Waals surface area contributed by atoms with E-state index in [2.05, 4.69) is 25.9 Å². The molecule has 0 fully saturated rings. The second-order valence-corrected chi connectivity index (χ2v) is 7.57. The van der Waals surface area contributed by atoms with Crippen LogP contribution in [0.1, 0.15) is 43.8 Å². The Labute approximate surface area is 148 Å². The number of amides is 1. The van der Waals surface area contributed by atoms with Crippen LogP contribution in [0.5, 0.6) is 0 Å². The number of carbonyl (C=O) groups excluding carboxylic acids is 1. The lowest BCUT2D eigenvalue weighted by molar-refractivity contribution is 0.0197. The van der Waals surface area contributed by atoms with Gasteiger partial charge in [0.05, 0.1) is 6.54 Å². The zero-order valence-electron chi connectivity index (χ0n) is 13.1. The molecule has 0 bridgehead atoms. The number of nitrogens with zero attached hydrogens (tertiary/aromatic N) is 2. The highest BCUT2D eigenvalue weighted by atomic mass is 79.9. The number of aromatic amines is 1. The first-order valence-electron chi connectivity index (χ1n) is 7.24. The quantitative estimate of drug-likeness (QED) is 0.759. The van der Waals surface area contributed by atoms with E-state index in [9.17, 15) is 4.79 Å². The summed E-state index contributed by atoms with van der Waals surface area (Å²) in [6.45, 7) is 6.03. The molecule has 1 unspecified atom stereocenters. The van der Waals surface area contributed by atoms with Crippen molar-refractivity contribution in [1.29, 1.82) is 0 Å². The molecule has 1 aromatic heterocycles. The van der Waals surface area contributed by atoms with Crippen LogP contribution >= 0.6 is 27.5 Å². The van der Waals surface area contributed by atoms with E-state index in [1.54, 1.807) is 4.90 Å². The van der Waals surface area contributed by atoms with E-state index >= 15 is 0 Å². The van der Waals surface area contributed by atoms with Crippen LogP contribution in [0.25, 0.3) is 0 Å². The van der Waals surface area contributed by atoms with Crippen LogP contribution in [-0.2, 0) is 11.3 Å². The van der Waals surface area contributed by atoms with Crippen molar-refractivity contribution < 1.29 is 9.53 Å². The van der Waals surface area contributed by atoms with Crippen LogP contribution < -0.4 is 0 Å². The first-order valence-corrected chi connectivity index (χ1v) is 8.41. The molecule has 2 aromatic rings. The molecule has 122 valence electrons. The van der Waals surface area contributed by atoms with E-state index in [0.29, 0.717) is 22.1 Å². The van der Waals surface area contributed by atoms with Crippen LogP contribution in [0.2, 0.25) is 5.15 Å². The molecule has 2 heterocycles. The van der Waals surface area contributed by atoms with Crippen molar-refractivity contribution in [3.63, 3.8) is 0 Å². The van der Waals surface area contributed by atoms with E-state index in [1.165, 1.54) is 0 Å². The maximum Gasteiger partial charge on any atom is 0.411 e. The van der Waals surface area contributed by atoms with Crippen molar-refractivity contribution >= 4 is 33.6 Å². The van der Waals surface area contributed by atoms with Gasteiger partial charge < -0.3 is 9.72 Å². The molecule has 0 radical (unpaired) electrons. The van der Waals surface area contributed by atoms with Gasteiger partial charge in [0, 0.05) is 0 Å². The fourth-order valence-corrected chi connectivity index (χ4v) is 3.08. The summed E-state index contributed by atoms with van der Waals surface area (Å²) < 4.78 is 6.07. The molecule has 1 aromatic carbocycles. The average Bonchev–Trinajstić information content (AvgIpc) is 2.98. The molecule has 23 heavy (non-hydrogen) atoms. The summed E-state index contributed by atoms with van der Waals surface area (Å²) in [6, 6.07) is 7.56. The number of halogens is 2. The van der Waals surface area contributed by atoms with Gasteiger partial charge in [0.2, 0.25) is 0 Å². The summed E-state index contributed by atoms with van der Waals surface area (Å²) in [4.78, 5) is 21.7. The second kappa shape index (κ2) is 5.83. The largest absolute Gasteiger partial charge is 0.444 e. The number of hydrogen-bond acceptors (Lipinski definition) is 3. The van der Waals surface area contributed by atoms with Gasteiger partial charge in [0.15, 0.2) is 0 Å². The minimum atomic E-state index is -0.558. The van der Waals surface area contributed by atoms with Gasteiger partial charge >= 0.3 is 6.09 Å². The molecular formula is C16H17BrClN3O2. The van der Waals surface area contributed by atoms with E-state index in [4.69, 9.17) is 16.3 Å². The zero-order chi connectivity index (χ0) is 16.8. The zero-order valence-corrected chi connectivity index (χ0v) is 15.4. The fourth-order valence-electron chi connectivity index (χ4n) is 2.65. The fraction of sp³-hybridized carbons (Fsp3) is 0.375. The Balaban J connectivity index is 2.01. The van der Waals surface area contributed by atoms with Crippen molar-refractivity contribution in [2.45, 2.75) is 39.0 Å². The molecule has 1 amide bonds. The Morgan fingerprint density at radius 1 is 1.43 bits per heavy atom. The molecular weight excluding hydrogens is 382 g/mol. The molecule has 1 N–H and O–H groups in total. The van der Waals surface area contributed by atoms with E-state index in [0.717, 1.165) is 11.1 Å². The second-order valence-electron chi connectivity index (χ2n) is 6.44. The van der Waals surface area contributed by atoms with Gasteiger partial charge in [-0.2, -0.15) is 0 Å². The van der Waals surface area contributed by atoms with Gasteiger partial charge in [0.25, 0.3) is 0 Å². The van der Waals surface area contributed by atoms with E-state index in [-0.39, 0.29) is 12.1 Å². The molecule has 3 rings (SSSR count). The number of fused-ring (bicyclic) bond motifs is 1. The summed E-state index contributed by atoms with van der Waals surface area (Å²) in [7, 11) is 0. The summed E-state index contributed by atoms with van der Waals surface area (Å²) in [5.41, 5.74) is 1.54. The molecule has 0 saturated carbocycles. The number of nitrogens with one attached hydrogen (secondary N) is 1. The Hall–Kier alpha value is -1.53. The Morgan fingerprint density at radius 2 is 2.13 bits per heavy atom. The van der Waals surface area contributed by atoms with Gasteiger partial charge in [-0.05, 0) is 47.8 Å². The highest BCUT2D eigenvalue weighted by Gasteiger charge is 2.38. The topological polar surface area (TPSA) is 58.2 Å². The number of ether oxygens (including phenoxy) is 1. The molecule has 7 heteroatoms. The Morgan fingerprint density at radius 3 is 2.74 bits per heavy atom. The van der Waals surface area contributed by atoms with Crippen LogP contribution in [0.4, 0.5) is 4.79 Å². The number of hydrogen-bond donors (Lipinski definition) is 1. The third-order valence-corrected chi connectivity index (χ3v) is 4.60. The van der Waals surface area contributed by atoms with Crippen LogP contribution in [-0.4, -0.2) is 26.6 Å². The number of carbonyl (C=O) groups is 1. The summed E-state index contributed by atoms with van der Waals surface area (Å²) >= 11 is 9.37. The summed E-state index contributed by atoms with van der Waals surface area (Å²) in [5.74, 6) is 0.609. The third-order valence-electron chi connectivity index (χ3n) is 3.53. The summed E-state index contributed by atoms with van der Waals surface area (Å²) in [5, 5.41) is 0.411. The maximum absolute atomic E-state index is 12.6. The van der Waals surface area contributed by atoms with Gasteiger partial charge in [0.1, 0.15) is 27.2 Å². The van der Waals surface area contributed by atoms with Crippen LogP contribution in [0, 0.1) is 0 Å². The van der Waals surface area contributed by atoms with E-state index < -0.39 is 5.60 Å². The standard InChI is InChI=1S/C16H17BrClN3O2/c1-16(2,3)23-15(22)21-8-9-6-4-5-7-10(9)11(21)14-19-12(17)13(18)20-14/h4-7,11H,8H2,1-3H3,(H,19,20). The van der Waals surface area contributed by atoms with Crippen molar-refractivity contribution in [1.82, 2.24) is 14.9 Å². The number of H-pyrrole nitrogens is 1. The van der Waals surface area contributed by atoms with Gasteiger partial charge in [-0.3, -0.25) is 4.90 Å². The van der Waals surface area contributed by atoms with Crippen molar-refractivity contribution in [3.05, 3.63) is 51.0 Å². The van der Waals surface area contributed by atoms with Crippen LogP contribution in [0.15, 0.2) is 28.9 Å². The molecule has 0 saturated heterocycles. The molecule has 0 spiro atoms. The molecule has 5 nitrogen and oxygen atoms in total. The van der Waals surface area contributed by atoms with Gasteiger partial charge in [-0.15, -0.1) is 0 Å². The molecule has 1 aliphatic rings. The highest BCUT2D eigenvalue weighted by molar-refractivity contribution is 9.10. The Kier molecular flexibility index (Phi) is 4.14. The number of aromatic nitrogens is 2. The number of imidazole rings is 1. The lowest BCUT2D eigenvalue weighted by atomic mass is 10.0. The molecule has 1 aliphatic heterocycles. The van der Waals surface area contributed by atoms with Crippen molar-refractivity contribution in [3.8, 4) is 0 Å². The predicted octanol–water partition coefficient (Wildman–Crippen LogP) is 4.67. The Bertz CT molecular complexity index is 735. The predicted molar refractivity (Wildman–Crippen MR) is 91.4 cm³/mol. The first kappa shape index (κ1) is 16.3. The average molecular weight is 399 g/mol. The van der Waals surface area contributed by atoms with Crippen molar-refractivity contribution in [2.24, 2.45) is 0 Å². The molecule has 0 aliphatic carbocycles. The van der Waals surface area contributed by atoms with E-state index in [1.807, 2.05) is 45.0 Å². The SMILES string of the molecule is CC(C)(C)OC(=O)N1Cc2ccccc2C1c1nc(Br)c(Cl)[nH]1. The number of benzene rings is 1. The summed E-state index contributed by atoms with van der Waals surface area (Å²) in [6.07, 6.45) is -0.373. The normalized spacial score (nSPS) is 17.3. The minimum Gasteiger partial charge on any atom is -0.444 e. The third kappa shape index (κ3) is 3.23. The molecule has 1 atom stereocenters. The number of rotatable bonds is 1. The van der Waals surface area contributed by atoms with Crippen molar-refractivity contribution in [2.75, 3.05) is 0 Å². The monoisotopic (exact) mass is 397 g/mol. The highest BCUT2D eigenvalue weighted by Crippen LogP contribution is 2.39. The van der Waals surface area contributed by atoms with Gasteiger partial charge in [-0.1, -0.05) is 35.9 Å². The first-order chi connectivity index (χ1) is 10.8. The maximum atomic E-state index is 12.6. The van der Waals surface area contributed by atoms with Gasteiger partial charge in [-0.25, -0.2) is 9.78 Å². The lowest BCUT2D eigenvalue weighted by Gasteiger charge is -2.28. The minimum absolute atomic E-state index is 0.343. The smallest absolute Gasteiger partial charge is 0.411 e. The van der Waals surface area contributed by atoms with Crippen LogP contribution in [0.3, 0.4) is 0 Å². The lowest BCUT2D eigenvalue weighted by Crippen LogP contribution is -2.36.